The fourth-order valence-electron chi connectivity index (χ4n) is 4.94. The van der Waals surface area contributed by atoms with E-state index in [2.05, 4.69) is 20.9 Å². The van der Waals surface area contributed by atoms with Crippen LogP contribution in [0.1, 0.15) is 18.4 Å². The van der Waals surface area contributed by atoms with Crippen LogP contribution in [0.15, 0.2) is 60.8 Å². The fourth-order valence-corrected chi connectivity index (χ4v) is 4.94. The predicted octanol–water partition coefficient (Wildman–Crippen LogP) is 4.83. The lowest BCUT2D eigenvalue weighted by Crippen LogP contribution is -2.35. The van der Waals surface area contributed by atoms with Crippen LogP contribution in [0.2, 0.25) is 0 Å². The maximum absolute atomic E-state index is 15.1. The summed E-state index contributed by atoms with van der Waals surface area (Å²) in [4.78, 5) is 29.3. The Morgan fingerprint density at radius 1 is 0.867 bits per heavy atom. The molecule has 3 N–H and O–H groups in total. The summed E-state index contributed by atoms with van der Waals surface area (Å²) < 4.78 is 43.2. The van der Waals surface area contributed by atoms with E-state index in [-0.39, 0.29) is 18.0 Å². The Morgan fingerprint density at radius 2 is 1.62 bits per heavy atom. The van der Waals surface area contributed by atoms with Gasteiger partial charge in [-0.15, -0.1) is 0 Å². The molecule has 1 aliphatic rings. The van der Waals surface area contributed by atoms with Gasteiger partial charge in [0.15, 0.2) is 23.1 Å². The number of anilines is 1. The van der Waals surface area contributed by atoms with Gasteiger partial charge in [-0.25, -0.2) is 4.39 Å². The Labute approximate surface area is 260 Å². The summed E-state index contributed by atoms with van der Waals surface area (Å²) in [5, 5.41) is 8.88. The Balaban J connectivity index is 1.23. The largest absolute Gasteiger partial charge is 0.497 e. The second-order valence-corrected chi connectivity index (χ2v) is 10.4. The number of piperidine rings is 1. The summed E-state index contributed by atoms with van der Waals surface area (Å²) in [7, 11) is 4.58. The first-order chi connectivity index (χ1) is 21.9. The van der Waals surface area contributed by atoms with Crippen molar-refractivity contribution >= 4 is 28.4 Å². The first-order valence-corrected chi connectivity index (χ1v) is 14.5. The standard InChI is InChI=1S/C33H35FN4O7/c1-41-23-12-21(13-24(15-23)42-2)18-37-32(39)33(40)38-22-4-5-29(26(34)14-22)45-28-8-11-36-27-17-31(30(43-3)16-25(27)28)44-19-20-6-9-35-10-7-20/h4-5,8,11-17,20,35H,6-7,9-10,18-19H2,1-3H3,(H,37,39)(H,38,40). The van der Waals surface area contributed by atoms with Crippen molar-refractivity contribution in [1.82, 2.24) is 15.6 Å². The zero-order valence-electron chi connectivity index (χ0n) is 25.3. The van der Waals surface area contributed by atoms with E-state index in [4.69, 9.17) is 23.7 Å². The number of methoxy groups -OCH3 is 3. The summed E-state index contributed by atoms with van der Waals surface area (Å²) in [5.41, 5.74) is 1.35. The number of hydrogen-bond donors (Lipinski definition) is 3. The smallest absolute Gasteiger partial charge is 0.313 e. The second-order valence-electron chi connectivity index (χ2n) is 10.4. The molecular weight excluding hydrogens is 583 g/mol. The van der Waals surface area contributed by atoms with Crippen LogP contribution in [0.4, 0.5) is 10.1 Å². The number of aromatic nitrogens is 1. The molecule has 0 spiro atoms. The highest BCUT2D eigenvalue weighted by Crippen LogP contribution is 2.38. The SMILES string of the molecule is COc1cc(CNC(=O)C(=O)Nc2ccc(Oc3ccnc4cc(OCC5CCNCC5)c(OC)cc34)c(F)c2)cc(OC)c1. The summed E-state index contributed by atoms with van der Waals surface area (Å²) in [5.74, 6) is 0.316. The number of hydrogen-bond acceptors (Lipinski definition) is 9. The van der Waals surface area contributed by atoms with Gasteiger partial charge in [0.2, 0.25) is 0 Å². The molecular formula is C33H35FN4O7. The van der Waals surface area contributed by atoms with Crippen molar-refractivity contribution < 1.29 is 37.7 Å². The number of halogens is 1. The molecule has 1 saturated heterocycles. The monoisotopic (exact) mass is 618 g/mol. The van der Waals surface area contributed by atoms with Crippen LogP contribution >= 0.6 is 0 Å². The molecule has 1 fully saturated rings. The summed E-state index contributed by atoms with van der Waals surface area (Å²) in [6.45, 7) is 2.59. The fraction of sp³-hybridized carbons (Fsp3) is 0.303. The van der Waals surface area contributed by atoms with Gasteiger partial charge in [-0.2, -0.15) is 0 Å². The van der Waals surface area contributed by atoms with Crippen LogP contribution < -0.4 is 39.6 Å². The number of pyridine rings is 1. The third-order valence-electron chi connectivity index (χ3n) is 7.40. The van der Waals surface area contributed by atoms with Crippen LogP contribution in [0.3, 0.4) is 0 Å². The van der Waals surface area contributed by atoms with Crippen LogP contribution in [-0.2, 0) is 16.1 Å². The molecule has 0 bridgehead atoms. The van der Waals surface area contributed by atoms with Crippen molar-refractivity contribution in [1.29, 1.82) is 0 Å². The lowest BCUT2D eigenvalue weighted by atomic mass is 9.99. The van der Waals surface area contributed by atoms with Gasteiger partial charge in [0.25, 0.3) is 0 Å². The molecule has 2 amide bonds. The van der Waals surface area contributed by atoms with E-state index in [0.29, 0.717) is 57.7 Å². The van der Waals surface area contributed by atoms with Crippen molar-refractivity contribution in [3.8, 4) is 34.5 Å². The summed E-state index contributed by atoms with van der Waals surface area (Å²) >= 11 is 0. The van der Waals surface area contributed by atoms with Crippen LogP contribution in [0.25, 0.3) is 10.9 Å². The van der Waals surface area contributed by atoms with Gasteiger partial charge >= 0.3 is 11.8 Å². The Bertz CT molecular complexity index is 1650. The van der Waals surface area contributed by atoms with Gasteiger partial charge in [0.1, 0.15) is 17.2 Å². The molecule has 11 nitrogen and oxygen atoms in total. The number of amides is 2. The van der Waals surface area contributed by atoms with E-state index in [1.54, 1.807) is 49.7 Å². The van der Waals surface area contributed by atoms with E-state index in [1.165, 1.54) is 26.4 Å². The van der Waals surface area contributed by atoms with Crippen molar-refractivity contribution in [2.45, 2.75) is 19.4 Å². The van der Waals surface area contributed by atoms with E-state index in [1.807, 2.05) is 0 Å². The highest BCUT2D eigenvalue weighted by atomic mass is 19.1. The molecule has 1 aliphatic heterocycles. The Morgan fingerprint density at radius 3 is 2.31 bits per heavy atom. The molecule has 5 rings (SSSR count). The van der Waals surface area contributed by atoms with Gasteiger partial charge in [0, 0.05) is 42.0 Å². The second kappa shape index (κ2) is 14.6. The van der Waals surface area contributed by atoms with Crippen LogP contribution in [0, 0.1) is 11.7 Å². The zero-order valence-corrected chi connectivity index (χ0v) is 25.3. The minimum absolute atomic E-state index is 0.0531. The molecule has 1 aromatic heterocycles. The Kier molecular flexibility index (Phi) is 10.2. The number of carbonyl (C=O) groups excluding carboxylic acids is 2. The minimum atomic E-state index is -0.955. The third-order valence-corrected chi connectivity index (χ3v) is 7.40. The zero-order chi connectivity index (χ0) is 31.8. The Hall–Kier alpha value is -5.10. The average molecular weight is 619 g/mol. The third kappa shape index (κ3) is 7.90. The molecule has 0 aliphatic carbocycles. The number of carbonyl (C=O) groups is 2. The van der Waals surface area contributed by atoms with E-state index in [9.17, 15) is 9.59 Å². The number of benzene rings is 3. The molecule has 2 heterocycles. The molecule has 0 atom stereocenters. The van der Waals surface area contributed by atoms with E-state index < -0.39 is 17.6 Å². The maximum atomic E-state index is 15.1. The molecule has 12 heteroatoms. The first-order valence-electron chi connectivity index (χ1n) is 14.5. The van der Waals surface area contributed by atoms with Crippen LogP contribution in [0.5, 0.6) is 34.5 Å². The van der Waals surface area contributed by atoms with Gasteiger partial charge in [0.05, 0.1) is 33.5 Å². The molecule has 45 heavy (non-hydrogen) atoms. The number of nitrogens with one attached hydrogen (secondary N) is 3. The highest BCUT2D eigenvalue weighted by Gasteiger charge is 2.19. The number of rotatable bonds is 11. The van der Waals surface area contributed by atoms with Gasteiger partial charge < -0.3 is 39.6 Å². The quantitative estimate of drug-likeness (QED) is 0.203. The molecule has 0 saturated carbocycles. The van der Waals surface area contributed by atoms with Crippen molar-refractivity contribution in [3.63, 3.8) is 0 Å². The normalized spacial score (nSPS) is 13.2. The maximum Gasteiger partial charge on any atom is 0.313 e. The molecule has 3 aromatic carbocycles. The van der Waals surface area contributed by atoms with Crippen LogP contribution in [-0.4, -0.2) is 57.8 Å². The van der Waals surface area contributed by atoms with E-state index in [0.717, 1.165) is 32.0 Å². The summed E-state index contributed by atoms with van der Waals surface area (Å²) in [6, 6.07) is 14.1. The average Bonchev–Trinajstić information content (AvgIpc) is 3.07. The van der Waals surface area contributed by atoms with Crippen molar-refractivity contribution in [3.05, 3.63) is 72.2 Å². The minimum Gasteiger partial charge on any atom is -0.497 e. The molecule has 0 radical (unpaired) electrons. The lowest BCUT2D eigenvalue weighted by Gasteiger charge is -2.23. The number of fused-ring (bicyclic) bond motifs is 1. The first kappa shape index (κ1) is 31.3. The highest BCUT2D eigenvalue weighted by molar-refractivity contribution is 6.39. The predicted molar refractivity (Wildman–Crippen MR) is 166 cm³/mol. The topological polar surface area (TPSA) is 129 Å². The van der Waals surface area contributed by atoms with Gasteiger partial charge in [-0.05, 0) is 73.8 Å². The van der Waals surface area contributed by atoms with Gasteiger partial charge in [-0.1, -0.05) is 0 Å². The summed E-state index contributed by atoms with van der Waals surface area (Å²) in [6.07, 6.45) is 3.66. The number of nitrogens with zero attached hydrogens (tertiary/aromatic N) is 1. The molecule has 4 aromatic rings. The van der Waals surface area contributed by atoms with Crippen molar-refractivity contribution in [2.24, 2.45) is 5.92 Å². The van der Waals surface area contributed by atoms with Crippen molar-refractivity contribution in [2.75, 3.05) is 46.3 Å². The van der Waals surface area contributed by atoms with E-state index >= 15 is 4.39 Å². The molecule has 0 unspecified atom stereocenters. The van der Waals surface area contributed by atoms with Gasteiger partial charge in [-0.3, -0.25) is 14.6 Å². The molecule has 236 valence electrons. The lowest BCUT2D eigenvalue weighted by molar-refractivity contribution is -0.136. The number of ether oxygens (including phenoxy) is 5.